The molecule has 0 aliphatic heterocycles. The molecule has 0 spiro atoms. The predicted octanol–water partition coefficient (Wildman–Crippen LogP) is 1.02. The van der Waals surface area contributed by atoms with E-state index in [1.807, 2.05) is 6.07 Å². The third-order valence-electron chi connectivity index (χ3n) is 2.86. The second kappa shape index (κ2) is 12.2. The number of ether oxygens (including phenoxy) is 4. The minimum absolute atomic E-state index is 0.105. The Hall–Kier alpha value is -2.15. The first-order valence-electron chi connectivity index (χ1n) is 7.30. The van der Waals surface area contributed by atoms with E-state index in [2.05, 4.69) is 15.9 Å². The topological polar surface area (TPSA) is 129 Å². The van der Waals surface area contributed by atoms with Crippen LogP contribution in [-0.2, 0) is 38.1 Å². The fourth-order valence-electron chi connectivity index (χ4n) is 1.93. The van der Waals surface area contributed by atoms with Crippen LogP contribution in [0.5, 0.6) is 0 Å². The number of hydrogen-bond donors (Lipinski definition) is 0. The summed E-state index contributed by atoms with van der Waals surface area (Å²) in [6.07, 6.45) is -3.10. The van der Waals surface area contributed by atoms with E-state index in [1.54, 1.807) is 0 Å². The quantitative estimate of drug-likeness (QED) is 0.207. The number of nitriles is 1. The lowest BCUT2D eigenvalue weighted by atomic mass is 10.0. The molecule has 4 atom stereocenters. The molecule has 0 radical (unpaired) electrons. The molecule has 0 aliphatic carbocycles. The van der Waals surface area contributed by atoms with E-state index in [9.17, 15) is 19.2 Å². The summed E-state index contributed by atoms with van der Waals surface area (Å²) >= 11 is 3.29. The summed E-state index contributed by atoms with van der Waals surface area (Å²) in [5.74, 6) is -2.02. The highest BCUT2D eigenvalue weighted by molar-refractivity contribution is 9.09. The molecule has 25 heavy (non-hydrogen) atoms. The van der Waals surface area contributed by atoms with Crippen molar-refractivity contribution in [3.8, 4) is 6.07 Å². The molecule has 0 aliphatic rings. The summed E-state index contributed by atoms with van der Waals surface area (Å²) in [4.78, 5) is 44.1. The Labute approximate surface area is 153 Å². The molecule has 0 amide bonds. The first-order valence-corrected chi connectivity index (χ1v) is 8.22. The van der Waals surface area contributed by atoms with Crippen molar-refractivity contribution in [3.05, 3.63) is 0 Å². The van der Waals surface area contributed by atoms with E-state index in [-0.39, 0.29) is 19.3 Å². The van der Waals surface area contributed by atoms with E-state index in [1.165, 1.54) is 0 Å². The summed E-state index contributed by atoms with van der Waals surface area (Å²) < 4.78 is 20.0. The van der Waals surface area contributed by atoms with E-state index in [0.717, 1.165) is 20.8 Å². The zero-order valence-electron chi connectivity index (χ0n) is 14.1. The monoisotopic (exact) mass is 421 g/mol. The van der Waals surface area contributed by atoms with Gasteiger partial charge in [-0.2, -0.15) is 5.26 Å². The number of alkyl halides is 1. The average molecular weight is 422 g/mol. The van der Waals surface area contributed by atoms with Gasteiger partial charge in [0.2, 0.25) is 0 Å². The fourth-order valence-corrected chi connectivity index (χ4v) is 2.57. The van der Waals surface area contributed by atoms with Gasteiger partial charge < -0.3 is 18.9 Å². The third-order valence-corrected chi connectivity index (χ3v) is 3.84. The fraction of sp³-hybridized carbons (Fsp3) is 0.667. The van der Waals surface area contributed by atoms with Gasteiger partial charge in [0, 0.05) is 27.2 Å². The molecule has 0 saturated heterocycles. The first-order chi connectivity index (χ1) is 11.7. The minimum atomic E-state index is -1.24. The first kappa shape index (κ1) is 22.9. The van der Waals surface area contributed by atoms with Crippen LogP contribution in [0.2, 0.25) is 0 Å². The summed E-state index contributed by atoms with van der Waals surface area (Å²) in [6, 6.07) is 1.95. The van der Waals surface area contributed by atoms with E-state index in [4.69, 9.17) is 24.2 Å². The van der Waals surface area contributed by atoms with Crippen LogP contribution in [0.1, 0.15) is 33.6 Å². The number of rotatable bonds is 11. The van der Waals surface area contributed by atoms with Crippen molar-refractivity contribution in [3.63, 3.8) is 0 Å². The largest absolute Gasteiger partial charge is 0.462 e. The van der Waals surface area contributed by atoms with Gasteiger partial charge >= 0.3 is 17.9 Å². The van der Waals surface area contributed by atoms with Gasteiger partial charge in [-0.15, -0.1) is 0 Å². The Morgan fingerprint density at radius 2 is 1.64 bits per heavy atom. The van der Waals surface area contributed by atoms with Gasteiger partial charge in [-0.05, 0) is 6.42 Å². The van der Waals surface area contributed by atoms with Gasteiger partial charge in [0.15, 0.2) is 18.3 Å². The zero-order chi connectivity index (χ0) is 19.4. The standard InChI is InChI=1S/C15H20BrNO8/c1-9(19)22-7-13(23-8-18)15(25-11(3)21)14(24-10(2)20)12(16)5-4-6-17/h8,12-15H,4-5,7H2,1-3H3/t12-,13-,14-,15-/m1/s1. The van der Waals surface area contributed by atoms with Crippen LogP contribution in [0.15, 0.2) is 0 Å². The van der Waals surface area contributed by atoms with Gasteiger partial charge in [-0.1, -0.05) is 15.9 Å². The van der Waals surface area contributed by atoms with Crippen molar-refractivity contribution in [2.24, 2.45) is 0 Å². The molecule has 0 saturated carbocycles. The normalized spacial score (nSPS) is 14.8. The third kappa shape index (κ3) is 9.66. The molecule has 0 unspecified atom stereocenters. The lowest BCUT2D eigenvalue weighted by Crippen LogP contribution is -2.50. The highest BCUT2D eigenvalue weighted by Crippen LogP contribution is 2.24. The summed E-state index contributed by atoms with van der Waals surface area (Å²) in [7, 11) is 0. The van der Waals surface area contributed by atoms with Crippen LogP contribution in [0.25, 0.3) is 0 Å². The summed E-state index contributed by atoms with van der Waals surface area (Å²) in [5.41, 5.74) is 0. The Morgan fingerprint density at radius 3 is 2.08 bits per heavy atom. The number of halogens is 1. The van der Waals surface area contributed by atoms with Gasteiger partial charge in [0.1, 0.15) is 6.61 Å². The van der Waals surface area contributed by atoms with Crippen LogP contribution in [0.4, 0.5) is 0 Å². The van der Waals surface area contributed by atoms with Crippen molar-refractivity contribution >= 4 is 40.3 Å². The van der Waals surface area contributed by atoms with Crippen molar-refractivity contribution in [2.45, 2.75) is 56.8 Å². The minimum Gasteiger partial charge on any atom is -0.462 e. The molecule has 0 fully saturated rings. The second-order valence-electron chi connectivity index (χ2n) is 4.93. The van der Waals surface area contributed by atoms with E-state index in [0.29, 0.717) is 0 Å². The van der Waals surface area contributed by atoms with E-state index >= 15 is 0 Å². The smallest absolute Gasteiger partial charge is 0.303 e. The number of nitrogens with zero attached hydrogens (tertiary/aromatic N) is 1. The van der Waals surface area contributed by atoms with Crippen LogP contribution in [0.3, 0.4) is 0 Å². The number of esters is 3. The Balaban J connectivity index is 5.60. The van der Waals surface area contributed by atoms with Crippen molar-refractivity contribution in [1.29, 1.82) is 5.26 Å². The second-order valence-corrected chi connectivity index (χ2v) is 6.11. The van der Waals surface area contributed by atoms with Crippen LogP contribution >= 0.6 is 15.9 Å². The number of hydrogen-bond acceptors (Lipinski definition) is 9. The van der Waals surface area contributed by atoms with Gasteiger partial charge in [0.05, 0.1) is 10.9 Å². The molecule has 140 valence electrons. The molecular formula is C15H20BrNO8. The lowest BCUT2D eigenvalue weighted by Gasteiger charge is -2.33. The predicted molar refractivity (Wildman–Crippen MR) is 86.2 cm³/mol. The highest BCUT2D eigenvalue weighted by atomic mass is 79.9. The molecular weight excluding hydrogens is 402 g/mol. The van der Waals surface area contributed by atoms with Crippen LogP contribution in [0, 0.1) is 11.3 Å². The van der Waals surface area contributed by atoms with Crippen LogP contribution < -0.4 is 0 Å². The lowest BCUT2D eigenvalue weighted by molar-refractivity contribution is -0.185. The summed E-state index contributed by atoms with van der Waals surface area (Å²) in [5, 5.41) is 8.71. The molecule has 0 aromatic carbocycles. The Bertz CT molecular complexity index is 518. The SMILES string of the molecule is CC(=O)OC[C@@H](OC=O)[C@@H](OC(C)=O)[C@H](OC(C)=O)[C@H](Br)CCC#N. The number of carbonyl (C=O) groups excluding carboxylic acids is 4. The summed E-state index contributed by atoms with van der Waals surface area (Å²) in [6.45, 7) is 3.14. The molecule has 0 heterocycles. The van der Waals surface area contributed by atoms with Crippen molar-refractivity contribution < 1.29 is 38.1 Å². The maximum absolute atomic E-state index is 11.4. The average Bonchev–Trinajstić information content (AvgIpc) is 2.51. The molecule has 10 heteroatoms. The molecule has 0 N–H and O–H groups in total. The zero-order valence-corrected chi connectivity index (χ0v) is 15.7. The van der Waals surface area contributed by atoms with Gasteiger partial charge in [-0.25, -0.2) is 0 Å². The van der Waals surface area contributed by atoms with Crippen molar-refractivity contribution in [2.75, 3.05) is 6.61 Å². The maximum Gasteiger partial charge on any atom is 0.303 e. The number of carbonyl (C=O) groups is 4. The van der Waals surface area contributed by atoms with E-state index < -0.39 is 47.7 Å². The molecule has 0 aromatic rings. The molecule has 0 rings (SSSR count). The van der Waals surface area contributed by atoms with Crippen LogP contribution in [-0.4, -0.2) is 54.1 Å². The molecule has 0 aromatic heterocycles. The Morgan fingerprint density at radius 1 is 1.08 bits per heavy atom. The molecule has 9 nitrogen and oxygen atoms in total. The van der Waals surface area contributed by atoms with Crippen molar-refractivity contribution in [1.82, 2.24) is 0 Å². The van der Waals surface area contributed by atoms with Gasteiger partial charge in [-0.3, -0.25) is 19.2 Å². The Kier molecular flexibility index (Phi) is 11.2. The van der Waals surface area contributed by atoms with Gasteiger partial charge in [0.25, 0.3) is 6.47 Å². The molecule has 0 bridgehead atoms. The highest BCUT2D eigenvalue weighted by Gasteiger charge is 2.40. The maximum atomic E-state index is 11.4.